The zero-order valence-electron chi connectivity index (χ0n) is 11.0. The van der Waals surface area contributed by atoms with Gasteiger partial charge in [-0.25, -0.2) is 9.97 Å². The predicted octanol–water partition coefficient (Wildman–Crippen LogP) is 1.42. The van der Waals surface area contributed by atoms with Gasteiger partial charge >= 0.3 is 0 Å². The van der Waals surface area contributed by atoms with Gasteiger partial charge in [0.25, 0.3) is 0 Å². The Morgan fingerprint density at radius 1 is 1.32 bits per heavy atom. The van der Waals surface area contributed by atoms with E-state index in [2.05, 4.69) is 46.0 Å². The Labute approximate surface area is 109 Å². The molecule has 7 heteroatoms. The third-order valence-corrected chi connectivity index (χ3v) is 2.91. The van der Waals surface area contributed by atoms with Crippen LogP contribution in [0.15, 0.2) is 18.6 Å². The van der Waals surface area contributed by atoms with E-state index >= 15 is 0 Å². The fraction of sp³-hybridized carbons (Fsp3) is 0.333. The van der Waals surface area contributed by atoms with Crippen molar-refractivity contribution in [2.75, 3.05) is 5.73 Å². The minimum absolute atomic E-state index is 0.130. The second kappa shape index (κ2) is 3.78. The molecular weight excluding hydrogens is 242 g/mol. The Morgan fingerprint density at radius 2 is 2.11 bits per heavy atom. The number of fused-ring (bicyclic) bond motifs is 1. The van der Waals surface area contributed by atoms with Gasteiger partial charge in [0.2, 0.25) is 0 Å². The summed E-state index contributed by atoms with van der Waals surface area (Å²) in [5.74, 6) is 1.20. The van der Waals surface area contributed by atoms with Crippen molar-refractivity contribution in [3.63, 3.8) is 0 Å². The van der Waals surface area contributed by atoms with E-state index in [-0.39, 0.29) is 5.41 Å². The van der Waals surface area contributed by atoms with Crippen molar-refractivity contribution in [3.05, 3.63) is 24.3 Å². The number of anilines is 1. The Kier molecular flexibility index (Phi) is 2.31. The minimum atomic E-state index is -0.130. The largest absolute Gasteiger partial charge is 0.383 e. The number of H-pyrrole nitrogens is 1. The first-order chi connectivity index (χ1) is 8.98. The number of nitrogens with two attached hydrogens (primary N) is 1. The van der Waals surface area contributed by atoms with Crippen LogP contribution in [0.5, 0.6) is 0 Å². The fourth-order valence-corrected chi connectivity index (χ4v) is 2.02. The molecule has 7 nitrogen and oxygen atoms in total. The second-order valence-corrected chi connectivity index (χ2v) is 5.41. The Bertz CT molecular complexity index is 718. The lowest BCUT2D eigenvalue weighted by atomic mass is 9.91. The molecule has 3 heterocycles. The number of hydrogen-bond donors (Lipinski definition) is 2. The van der Waals surface area contributed by atoms with Crippen LogP contribution in [-0.4, -0.2) is 29.9 Å². The van der Waals surface area contributed by atoms with Crippen LogP contribution >= 0.6 is 0 Å². The second-order valence-electron chi connectivity index (χ2n) is 5.41. The number of aromatic amines is 1. The highest BCUT2D eigenvalue weighted by molar-refractivity contribution is 5.90. The van der Waals surface area contributed by atoms with Gasteiger partial charge in [0, 0.05) is 17.7 Å². The van der Waals surface area contributed by atoms with Crippen molar-refractivity contribution in [2.45, 2.75) is 26.2 Å². The maximum atomic E-state index is 5.96. The summed E-state index contributed by atoms with van der Waals surface area (Å²) in [5, 5.41) is 12.5. The van der Waals surface area contributed by atoms with Crippen LogP contribution < -0.4 is 5.73 Å². The van der Waals surface area contributed by atoms with Gasteiger partial charge in [-0.2, -0.15) is 14.9 Å². The predicted molar refractivity (Wildman–Crippen MR) is 71.9 cm³/mol. The van der Waals surface area contributed by atoms with Crippen molar-refractivity contribution in [1.82, 2.24) is 29.9 Å². The molecule has 0 fully saturated rings. The highest BCUT2D eigenvalue weighted by Crippen LogP contribution is 2.32. The first-order valence-corrected chi connectivity index (χ1v) is 5.98. The first-order valence-electron chi connectivity index (χ1n) is 5.98. The van der Waals surface area contributed by atoms with Crippen LogP contribution in [0.3, 0.4) is 0 Å². The molecule has 0 radical (unpaired) electrons. The zero-order valence-corrected chi connectivity index (χ0v) is 11.0. The van der Waals surface area contributed by atoms with E-state index in [1.54, 1.807) is 16.9 Å². The molecule has 3 aromatic heterocycles. The van der Waals surface area contributed by atoms with Gasteiger partial charge in [-0.3, -0.25) is 5.10 Å². The maximum absolute atomic E-state index is 5.96. The summed E-state index contributed by atoms with van der Waals surface area (Å²) in [6, 6.07) is 1.78. The van der Waals surface area contributed by atoms with Crippen LogP contribution in [0.2, 0.25) is 0 Å². The molecule has 19 heavy (non-hydrogen) atoms. The molecule has 98 valence electrons. The Balaban J connectivity index is 2.34. The summed E-state index contributed by atoms with van der Waals surface area (Å²) in [5.41, 5.74) is 7.41. The molecular formula is C12H15N7. The standard InChI is InChI=1S/C12H15N7/c1-12(2,3)9-8-10(13)16-17-11(8)19(18-9)7-4-5-14-6-15-7/h4-6H,1-3H3,(H3,13,16,17). The Hall–Kier alpha value is -2.44. The van der Waals surface area contributed by atoms with Gasteiger partial charge in [0.15, 0.2) is 11.5 Å². The molecule has 0 saturated heterocycles. The summed E-state index contributed by atoms with van der Waals surface area (Å²) in [6.45, 7) is 6.27. The zero-order chi connectivity index (χ0) is 13.6. The molecule has 0 bridgehead atoms. The topological polar surface area (TPSA) is 98.3 Å². The summed E-state index contributed by atoms with van der Waals surface area (Å²) >= 11 is 0. The monoisotopic (exact) mass is 257 g/mol. The smallest absolute Gasteiger partial charge is 0.188 e. The third kappa shape index (κ3) is 1.74. The van der Waals surface area contributed by atoms with Crippen molar-refractivity contribution in [3.8, 4) is 5.82 Å². The average molecular weight is 257 g/mol. The average Bonchev–Trinajstić information content (AvgIpc) is 2.91. The SMILES string of the molecule is CC(C)(C)c1nn(-c2ccncn2)c2n[nH]c(N)c12. The first kappa shape index (κ1) is 11.6. The highest BCUT2D eigenvalue weighted by atomic mass is 15.4. The number of nitrogens with zero attached hydrogens (tertiary/aromatic N) is 5. The summed E-state index contributed by atoms with van der Waals surface area (Å²) < 4.78 is 1.68. The van der Waals surface area contributed by atoms with E-state index in [0.29, 0.717) is 17.3 Å². The van der Waals surface area contributed by atoms with Crippen LogP contribution in [0.1, 0.15) is 26.5 Å². The quantitative estimate of drug-likeness (QED) is 0.687. The Morgan fingerprint density at radius 3 is 2.74 bits per heavy atom. The minimum Gasteiger partial charge on any atom is -0.383 e. The van der Waals surface area contributed by atoms with E-state index in [9.17, 15) is 0 Å². The van der Waals surface area contributed by atoms with Crippen LogP contribution in [0, 0.1) is 0 Å². The molecule has 0 spiro atoms. The van der Waals surface area contributed by atoms with Gasteiger partial charge in [0.1, 0.15) is 12.1 Å². The van der Waals surface area contributed by atoms with Crippen molar-refractivity contribution >= 4 is 16.9 Å². The molecule has 3 aromatic rings. The van der Waals surface area contributed by atoms with Gasteiger partial charge in [-0.1, -0.05) is 20.8 Å². The maximum Gasteiger partial charge on any atom is 0.188 e. The molecule has 3 N–H and O–H groups in total. The molecule has 0 amide bonds. The van der Waals surface area contributed by atoms with E-state index in [0.717, 1.165) is 11.1 Å². The lowest BCUT2D eigenvalue weighted by molar-refractivity contribution is 0.563. The van der Waals surface area contributed by atoms with E-state index in [1.807, 2.05) is 0 Å². The van der Waals surface area contributed by atoms with E-state index in [4.69, 9.17) is 5.73 Å². The molecule has 3 rings (SSSR count). The highest BCUT2D eigenvalue weighted by Gasteiger charge is 2.26. The molecule has 0 saturated carbocycles. The molecule has 0 unspecified atom stereocenters. The number of nitrogen functional groups attached to an aromatic ring is 1. The molecule has 0 atom stereocenters. The van der Waals surface area contributed by atoms with Crippen LogP contribution in [-0.2, 0) is 5.41 Å². The van der Waals surface area contributed by atoms with Gasteiger partial charge in [0.05, 0.1) is 11.1 Å². The number of hydrogen-bond acceptors (Lipinski definition) is 5. The van der Waals surface area contributed by atoms with Crippen molar-refractivity contribution in [1.29, 1.82) is 0 Å². The lowest BCUT2D eigenvalue weighted by Gasteiger charge is -2.15. The summed E-state index contributed by atoms with van der Waals surface area (Å²) in [4.78, 5) is 8.10. The molecule has 0 aromatic carbocycles. The lowest BCUT2D eigenvalue weighted by Crippen LogP contribution is -2.14. The van der Waals surface area contributed by atoms with Gasteiger partial charge < -0.3 is 5.73 Å². The normalized spacial score (nSPS) is 12.2. The summed E-state index contributed by atoms with van der Waals surface area (Å²) in [6.07, 6.45) is 3.15. The number of nitrogens with one attached hydrogen (secondary N) is 1. The van der Waals surface area contributed by atoms with Gasteiger partial charge in [-0.05, 0) is 0 Å². The molecule has 0 aliphatic heterocycles. The van der Waals surface area contributed by atoms with Crippen LogP contribution in [0.4, 0.5) is 5.82 Å². The van der Waals surface area contributed by atoms with E-state index < -0.39 is 0 Å². The fourth-order valence-electron chi connectivity index (χ4n) is 2.02. The van der Waals surface area contributed by atoms with E-state index in [1.165, 1.54) is 6.33 Å². The summed E-state index contributed by atoms with van der Waals surface area (Å²) in [7, 11) is 0. The van der Waals surface area contributed by atoms with Crippen molar-refractivity contribution < 1.29 is 0 Å². The van der Waals surface area contributed by atoms with Gasteiger partial charge in [-0.15, -0.1) is 0 Å². The number of aromatic nitrogens is 6. The molecule has 0 aliphatic carbocycles. The number of rotatable bonds is 1. The third-order valence-electron chi connectivity index (χ3n) is 2.91. The molecule has 0 aliphatic rings. The van der Waals surface area contributed by atoms with Crippen molar-refractivity contribution in [2.24, 2.45) is 0 Å². The van der Waals surface area contributed by atoms with Crippen LogP contribution in [0.25, 0.3) is 16.9 Å².